The van der Waals surface area contributed by atoms with Crippen molar-refractivity contribution in [2.45, 2.75) is 32.6 Å². The van der Waals surface area contributed by atoms with Gasteiger partial charge in [0, 0.05) is 13.1 Å². The maximum absolute atomic E-state index is 7.26. The van der Waals surface area contributed by atoms with Crippen LogP contribution >= 0.6 is 0 Å². The van der Waals surface area contributed by atoms with E-state index in [0.717, 1.165) is 61.6 Å². The van der Waals surface area contributed by atoms with Crippen LogP contribution in [0, 0.1) is 0 Å². The molecule has 0 saturated heterocycles. The second-order valence-electron chi connectivity index (χ2n) is 8.27. The summed E-state index contributed by atoms with van der Waals surface area (Å²) in [5.41, 5.74) is 10.7. The molecular weight excluding hydrogens is 410 g/mol. The van der Waals surface area contributed by atoms with Crippen molar-refractivity contribution in [3.05, 3.63) is 95.6 Å². The SMILES string of the molecule is CN(CCC[NH])CCCNCc1ccc(OCc2ccccc2)c(OCc2ccccc2)c1. The molecule has 0 aliphatic heterocycles. The minimum Gasteiger partial charge on any atom is -0.485 e. The molecule has 5 heteroatoms. The van der Waals surface area contributed by atoms with E-state index in [-0.39, 0.29) is 0 Å². The lowest BCUT2D eigenvalue weighted by Gasteiger charge is -2.16. The van der Waals surface area contributed by atoms with Gasteiger partial charge in [-0.3, -0.25) is 5.73 Å². The number of nitrogens with zero attached hydrogens (tertiary/aromatic N) is 1. The summed E-state index contributed by atoms with van der Waals surface area (Å²) in [5, 5.41) is 3.53. The second kappa shape index (κ2) is 14.3. The highest BCUT2D eigenvalue weighted by atomic mass is 16.5. The van der Waals surface area contributed by atoms with Gasteiger partial charge >= 0.3 is 0 Å². The van der Waals surface area contributed by atoms with Gasteiger partial charge < -0.3 is 19.7 Å². The average Bonchev–Trinajstić information content (AvgIpc) is 2.86. The topological polar surface area (TPSA) is 57.5 Å². The first-order valence-electron chi connectivity index (χ1n) is 11.7. The van der Waals surface area contributed by atoms with E-state index in [9.17, 15) is 0 Å². The van der Waals surface area contributed by atoms with Crippen molar-refractivity contribution < 1.29 is 9.47 Å². The smallest absolute Gasteiger partial charge is 0.162 e. The van der Waals surface area contributed by atoms with Gasteiger partial charge in [0.05, 0.1) is 0 Å². The fourth-order valence-corrected chi connectivity index (χ4v) is 3.53. The van der Waals surface area contributed by atoms with Gasteiger partial charge in [0.25, 0.3) is 0 Å². The van der Waals surface area contributed by atoms with Gasteiger partial charge in [0.15, 0.2) is 11.5 Å². The van der Waals surface area contributed by atoms with Crippen LogP contribution in [0.4, 0.5) is 0 Å². The van der Waals surface area contributed by atoms with E-state index in [0.29, 0.717) is 19.8 Å². The molecule has 0 atom stereocenters. The van der Waals surface area contributed by atoms with E-state index in [1.165, 1.54) is 5.56 Å². The fraction of sp³-hybridized carbons (Fsp3) is 0.357. The Kier molecular flexibility index (Phi) is 10.8. The molecule has 0 bridgehead atoms. The first kappa shape index (κ1) is 24.8. The Labute approximate surface area is 198 Å². The minimum atomic E-state index is 0.502. The molecule has 0 aliphatic rings. The van der Waals surface area contributed by atoms with E-state index in [1.54, 1.807) is 0 Å². The highest BCUT2D eigenvalue weighted by molar-refractivity contribution is 5.43. The van der Waals surface area contributed by atoms with Crippen molar-refractivity contribution in [3.8, 4) is 11.5 Å². The lowest BCUT2D eigenvalue weighted by atomic mass is 10.2. The van der Waals surface area contributed by atoms with Gasteiger partial charge in [-0.2, -0.15) is 0 Å². The largest absolute Gasteiger partial charge is 0.485 e. The molecule has 3 aromatic carbocycles. The Bertz CT molecular complexity index is 919. The Morgan fingerprint density at radius 1 is 0.727 bits per heavy atom. The first-order valence-corrected chi connectivity index (χ1v) is 11.7. The molecule has 0 heterocycles. The van der Waals surface area contributed by atoms with Crippen molar-refractivity contribution in [2.24, 2.45) is 0 Å². The molecule has 0 fully saturated rings. The molecule has 175 valence electrons. The predicted octanol–water partition coefficient (Wildman–Crippen LogP) is 4.93. The zero-order chi connectivity index (χ0) is 23.1. The van der Waals surface area contributed by atoms with Crippen LogP contribution in [0.5, 0.6) is 11.5 Å². The number of rotatable bonds is 15. The van der Waals surface area contributed by atoms with Gasteiger partial charge in [0.1, 0.15) is 13.2 Å². The summed E-state index contributed by atoms with van der Waals surface area (Å²) in [7, 11) is 2.13. The molecule has 33 heavy (non-hydrogen) atoms. The third-order valence-corrected chi connectivity index (χ3v) is 5.42. The summed E-state index contributed by atoms with van der Waals surface area (Å²) in [4.78, 5) is 2.30. The van der Waals surface area contributed by atoms with Gasteiger partial charge in [0.2, 0.25) is 0 Å². The highest BCUT2D eigenvalue weighted by Crippen LogP contribution is 2.30. The van der Waals surface area contributed by atoms with Crippen LogP contribution in [0.1, 0.15) is 29.5 Å². The standard InChI is InChI=1S/C28H36N3O2/c1-31(18-8-16-29)19-9-17-30-21-26-14-15-27(32-22-24-10-4-2-5-11-24)28(20-26)33-23-25-12-6-3-7-13-25/h2-7,10-15,20,29-30H,8-9,16-19,21-23H2,1H3. The summed E-state index contributed by atoms with van der Waals surface area (Å²) in [6.45, 7) is 5.30. The highest BCUT2D eigenvalue weighted by Gasteiger charge is 2.08. The lowest BCUT2D eigenvalue weighted by molar-refractivity contribution is 0.255. The van der Waals surface area contributed by atoms with E-state index in [4.69, 9.17) is 15.2 Å². The lowest BCUT2D eigenvalue weighted by Crippen LogP contribution is -2.25. The average molecular weight is 447 g/mol. The quantitative estimate of drug-likeness (QED) is 0.336. The first-order chi connectivity index (χ1) is 16.2. The molecule has 0 aromatic heterocycles. The molecule has 0 saturated carbocycles. The van der Waals surface area contributed by atoms with E-state index >= 15 is 0 Å². The molecule has 3 rings (SSSR count). The maximum atomic E-state index is 7.26. The van der Waals surface area contributed by atoms with Gasteiger partial charge in [-0.25, -0.2) is 0 Å². The van der Waals surface area contributed by atoms with Gasteiger partial charge in [-0.15, -0.1) is 0 Å². The van der Waals surface area contributed by atoms with E-state index in [2.05, 4.69) is 53.7 Å². The van der Waals surface area contributed by atoms with Crippen molar-refractivity contribution in [3.63, 3.8) is 0 Å². The molecular formula is C28H36N3O2. The zero-order valence-electron chi connectivity index (χ0n) is 19.6. The fourth-order valence-electron chi connectivity index (χ4n) is 3.53. The molecule has 0 aliphatic carbocycles. The van der Waals surface area contributed by atoms with Crippen molar-refractivity contribution >= 4 is 0 Å². The monoisotopic (exact) mass is 446 g/mol. The summed E-state index contributed by atoms with van der Waals surface area (Å²) in [5.74, 6) is 1.53. The van der Waals surface area contributed by atoms with Crippen molar-refractivity contribution in [1.29, 1.82) is 0 Å². The molecule has 0 unspecified atom stereocenters. The second-order valence-corrected chi connectivity index (χ2v) is 8.27. The van der Waals surface area contributed by atoms with Crippen LogP contribution in [-0.4, -0.2) is 38.1 Å². The Morgan fingerprint density at radius 2 is 1.33 bits per heavy atom. The Balaban J connectivity index is 1.55. The van der Waals surface area contributed by atoms with Gasteiger partial charge in [-0.05, 0) is 68.3 Å². The number of benzene rings is 3. The van der Waals surface area contributed by atoms with E-state index < -0.39 is 0 Å². The normalized spacial score (nSPS) is 11.0. The summed E-state index contributed by atoms with van der Waals surface area (Å²) in [6, 6.07) is 26.6. The molecule has 2 N–H and O–H groups in total. The summed E-state index contributed by atoms with van der Waals surface area (Å²) < 4.78 is 12.3. The van der Waals surface area contributed by atoms with Crippen LogP contribution in [0.3, 0.4) is 0 Å². The van der Waals surface area contributed by atoms with Crippen LogP contribution < -0.4 is 20.5 Å². The molecule has 0 spiro atoms. The predicted molar refractivity (Wildman–Crippen MR) is 134 cm³/mol. The third-order valence-electron chi connectivity index (χ3n) is 5.42. The van der Waals surface area contributed by atoms with Crippen LogP contribution in [-0.2, 0) is 19.8 Å². The molecule has 1 radical (unpaired) electrons. The number of ether oxygens (including phenoxy) is 2. The third kappa shape index (κ3) is 9.26. The van der Waals surface area contributed by atoms with Crippen LogP contribution in [0.25, 0.3) is 0 Å². The minimum absolute atomic E-state index is 0.502. The zero-order valence-corrected chi connectivity index (χ0v) is 19.6. The van der Waals surface area contributed by atoms with Crippen molar-refractivity contribution in [1.82, 2.24) is 16.0 Å². The van der Waals surface area contributed by atoms with E-state index in [1.807, 2.05) is 42.5 Å². The molecule has 0 amide bonds. The molecule has 5 nitrogen and oxygen atoms in total. The Hall–Kier alpha value is -2.86. The number of nitrogens with one attached hydrogen (secondary N) is 2. The molecule has 3 aromatic rings. The number of hydrogen-bond acceptors (Lipinski definition) is 4. The van der Waals surface area contributed by atoms with Gasteiger partial charge in [-0.1, -0.05) is 66.7 Å². The maximum Gasteiger partial charge on any atom is 0.162 e. The van der Waals surface area contributed by atoms with Crippen molar-refractivity contribution in [2.75, 3.05) is 33.2 Å². The van der Waals surface area contributed by atoms with Crippen LogP contribution in [0.15, 0.2) is 78.9 Å². The Morgan fingerprint density at radius 3 is 1.97 bits per heavy atom. The summed E-state index contributed by atoms with van der Waals surface area (Å²) in [6.07, 6.45) is 2.03. The summed E-state index contributed by atoms with van der Waals surface area (Å²) >= 11 is 0. The van der Waals surface area contributed by atoms with Crippen LogP contribution in [0.2, 0.25) is 0 Å². The number of hydrogen-bond donors (Lipinski definition) is 1.